The molecule has 0 spiro atoms. The quantitative estimate of drug-likeness (QED) is 0.599. The Labute approximate surface area is 74.4 Å². The normalized spacial score (nSPS) is 8.75. The summed E-state index contributed by atoms with van der Waals surface area (Å²) in [7, 11) is 0. The van der Waals surface area contributed by atoms with Crippen molar-refractivity contribution in [2.45, 2.75) is 34.1 Å². The van der Waals surface area contributed by atoms with Crippen LogP contribution in [-0.4, -0.2) is 0 Å². The van der Waals surface area contributed by atoms with Crippen LogP contribution < -0.4 is 0 Å². The molecule has 0 aliphatic heterocycles. The van der Waals surface area contributed by atoms with Gasteiger partial charge in [-0.3, -0.25) is 0 Å². The van der Waals surface area contributed by atoms with Crippen molar-refractivity contribution in [3.63, 3.8) is 0 Å². The van der Waals surface area contributed by atoms with E-state index in [9.17, 15) is 4.39 Å². The minimum atomic E-state index is -0.137. The Morgan fingerprint density at radius 2 is 1.83 bits per heavy atom. The Hall–Kier alpha value is -0.850. The highest BCUT2D eigenvalue weighted by molar-refractivity contribution is 5.26. The average molecular weight is 168 g/mol. The third kappa shape index (κ3) is 3.04. The fraction of sp³-hybridized carbons (Fsp3) is 0.455. The van der Waals surface area contributed by atoms with E-state index >= 15 is 0 Å². The van der Waals surface area contributed by atoms with E-state index < -0.39 is 0 Å². The van der Waals surface area contributed by atoms with Crippen LogP contribution in [0.25, 0.3) is 0 Å². The zero-order valence-corrected chi connectivity index (χ0v) is 8.32. The first-order chi connectivity index (χ1) is 5.74. The Balaban J connectivity index is 0.000000561. The lowest BCUT2D eigenvalue weighted by atomic mass is 10.1. The van der Waals surface area contributed by atoms with Gasteiger partial charge in [0.25, 0.3) is 0 Å². The van der Waals surface area contributed by atoms with Crippen LogP contribution in [0.4, 0.5) is 4.39 Å². The predicted molar refractivity (Wildman–Crippen MR) is 51.9 cm³/mol. The third-order valence-electron chi connectivity index (χ3n) is 1.69. The second kappa shape index (κ2) is 5.76. The van der Waals surface area contributed by atoms with Crippen LogP contribution in [0.1, 0.15) is 31.9 Å². The van der Waals surface area contributed by atoms with Crippen LogP contribution >= 0.6 is 0 Å². The molecule has 0 bridgehead atoms. The minimum absolute atomic E-state index is 0.137. The van der Waals surface area contributed by atoms with Crippen LogP contribution in [0.2, 0.25) is 0 Å². The molecule has 0 fully saturated rings. The first-order valence-electron chi connectivity index (χ1n) is 4.49. The van der Waals surface area contributed by atoms with E-state index in [4.69, 9.17) is 0 Å². The maximum absolute atomic E-state index is 12.5. The van der Waals surface area contributed by atoms with Gasteiger partial charge in [-0.25, -0.2) is 4.39 Å². The summed E-state index contributed by atoms with van der Waals surface area (Å²) in [6.45, 7) is 8.03. The number of rotatable bonds is 1. The highest BCUT2D eigenvalue weighted by Gasteiger charge is 1.95. The lowest BCUT2D eigenvalue weighted by Crippen LogP contribution is -1.86. The van der Waals surface area contributed by atoms with Gasteiger partial charge in [0.05, 0.1) is 0 Å². The standard InChI is InChI=1S/C9H11F.C2H6/c1-3-8-6-9(10)5-4-7(8)2;1-2/h4-6H,3H2,1-2H3;1-2H3. The molecule has 1 aromatic rings. The Morgan fingerprint density at radius 3 is 2.25 bits per heavy atom. The number of hydrogen-bond acceptors (Lipinski definition) is 0. The number of aryl methyl sites for hydroxylation is 2. The fourth-order valence-corrected chi connectivity index (χ4v) is 1.02. The van der Waals surface area contributed by atoms with Crippen LogP contribution in [0, 0.1) is 12.7 Å². The molecule has 1 heteroatoms. The van der Waals surface area contributed by atoms with E-state index in [0.717, 1.165) is 12.0 Å². The van der Waals surface area contributed by atoms with Crippen molar-refractivity contribution in [2.75, 3.05) is 0 Å². The molecule has 0 saturated carbocycles. The van der Waals surface area contributed by atoms with Crippen molar-refractivity contribution in [1.82, 2.24) is 0 Å². The summed E-state index contributed by atoms with van der Waals surface area (Å²) >= 11 is 0. The third-order valence-corrected chi connectivity index (χ3v) is 1.69. The average Bonchev–Trinajstić information content (AvgIpc) is 2.13. The second-order valence-corrected chi connectivity index (χ2v) is 2.42. The summed E-state index contributed by atoms with van der Waals surface area (Å²) in [6.07, 6.45) is 0.906. The van der Waals surface area contributed by atoms with Crippen molar-refractivity contribution in [3.8, 4) is 0 Å². The first kappa shape index (κ1) is 11.2. The molecule has 12 heavy (non-hydrogen) atoms. The molecule has 0 heterocycles. The van der Waals surface area contributed by atoms with Crippen LogP contribution in [-0.2, 0) is 6.42 Å². The van der Waals surface area contributed by atoms with Gasteiger partial charge in [-0.15, -0.1) is 0 Å². The van der Waals surface area contributed by atoms with E-state index in [1.165, 1.54) is 11.6 Å². The lowest BCUT2D eigenvalue weighted by Gasteiger charge is -2.00. The van der Waals surface area contributed by atoms with Crippen molar-refractivity contribution >= 4 is 0 Å². The zero-order valence-electron chi connectivity index (χ0n) is 8.32. The topological polar surface area (TPSA) is 0 Å². The van der Waals surface area contributed by atoms with Crippen LogP contribution in [0.15, 0.2) is 18.2 Å². The van der Waals surface area contributed by atoms with Gasteiger partial charge in [-0.2, -0.15) is 0 Å². The SMILES string of the molecule is CC.CCc1cc(F)ccc1C. The predicted octanol–water partition coefficient (Wildman–Crippen LogP) is 3.72. The van der Waals surface area contributed by atoms with Gasteiger partial charge in [0.15, 0.2) is 0 Å². The Morgan fingerprint density at radius 1 is 1.25 bits per heavy atom. The summed E-state index contributed by atoms with van der Waals surface area (Å²) in [6, 6.07) is 4.90. The van der Waals surface area contributed by atoms with Gasteiger partial charge in [0.1, 0.15) is 5.82 Å². The molecule has 0 aliphatic carbocycles. The van der Waals surface area contributed by atoms with Gasteiger partial charge in [0.2, 0.25) is 0 Å². The van der Waals surface area contributed by atoms with Crippen molar-refractivity contribution in [2.24, 2.45) is 0 Å². The number of benzene rings is 1. The molecule has 68 valence electrons. The maximum Gasteiger partial charge on any atom is 0.123 e. The molecule has 0 unspecified atom stereocenters. The summed E-state index contributed by atoms with van der Waals surface area (Å²) in [5.41, 5.74) is 2.27. The largest absolute Gasteiger partial charge is 0.207 e. The molecule has 0 aliphatic rings. The van der Waals surface area contributed by atoms with Gasteiger partial charge in [0, 0.05) is 0 Å². The Bertz CT molecular complexity index is 228. The highest BCUT2D eigenvalue weighted by atomic mass is 19.1. The molecule has 1 aromatic carbocycles. The molecule has 0 nitrogen and oxygen atoms in total. The second-order valence-electron chi connectivity index (χ2n) is 2.42. The molecule has 1 rings (SSSR count). The summed E-state index contributed by atoms with van der Waals surface area (Å²) < 4.78 is 12.5. The highest BCUT2D eigenvalue weighted by Crippen LogP contribution is 2.09. The van der Waals surface area contributed by atoms with Crippen molar-refractivity contribution < 1.29 is 4.39 Å². The molecule has 0 aromatic heterocycles. The van der Waals surface area contributed by atoms with Gasteiger partial charge in [-0.05, 0) is 36.6 Å². The van der Waals surface area contributed by atoms with E-state index in [1.54, 1.807) is 6.07 Å². The maximum atomic E-state index is 12.5. The smallest absolute Gasteiger partial charge is 0.123 e. The van der Waals surface area contributed by atoms with Gasteiger partial charge < -0.3 is 0 Å². The van der Waals surface area contributed by atoms with Crippen molar-refractivity contribution in [3.05, 3.63) is 35.1 Å². The number of hydrogen-bond donors (Lipinski definition) is 0. The van der Waals surface area contributed by atoms with Crippen LogP contribution in [0.5, 0.6) is 0 Å². The monoisotopic (exact) mass is 168 g/mol. The molecule has 0 saturated heterocycles. The molecule has 0 radical (unpaired) electrons. The minimum Gasteiger partial charge on any atom is -0.207 e. The summed E-state index contributed by atoms with van der Waals surface area (Å²) in [5, 5.41) is 0. The summed E-state index contributed by atoms with van der Waals surface area (Å²) in [4.78, 5) is 0. The van der Waals surface area contributed by atoms with Gasteiger partial charge >= 0.3 is 0 Å². The lowest BCUT2D eigenvalue weighted by molar-refractivity contribution is 0.625. The van der Waals surface area contributed by atoms with E-state index in [-0.39, 0.29) is 5.82 Å². The summed E-state index contributed by atoms with van der Waals surface area (Å²) in [5.74, 6) is -0.137. The molecule has 0 amide bonds. The molecule has 0 atom stereocenters. The molecule has 0 N–H and O–H groups in total. The first-order valence-corrected chi connectivity index (χ1v) is 4.49. The van der Waals surface area contributed by atoms with E-state index in [0.29, 0.717) is 0 Å². The zero-order chi connectivity index (χ0) is 9.56. The number of halogens is 1. The molecular weight excluding hydrogens is 151 g/mol. The fourth-order valence-electron chi connectivity index (χ4n) is 1.02. The molecular formula is C11H17F. The Kier molecular flexibility index (Phi) is 5.35. The van der Waals surface area contributed by atoms with Gasteiger partial charge in [-0.1, -0.05) is 26.8 Å². The van der Waals surface area contributed by atoms with Crippen molar-refractivity contribution in [1.29, 1.82) is 0 Å². The van der Waals surface area contributed by atoms with E-state index in [2.05, 4.69) is 0 Å². The van der Waals surface area contributed by atoms with Crippen LogP contribution in [0.3, 0.4) is 0 Å². The van der Waals surface area contributed by atoms with E-state index in [1.807, 2.05) is 33.8 Å².